The van der Waals surface area contributed by atoms with Crippen LogP contribution in [0.1, 0.15) is 49.2 Å². The molecule has 2 nitrogen and oxygen atoms in total. The number of imidazole rings is 1. The predicted molar refractivity (Wildman–Crippen MR) is 87.8 cm³/mol. The van der Waals surface area contributed by atoms with Crippen molar-refractivity contribution in [2.75, 3.05) is 5.88 Å². The molecule has 1 aliphatic carbocycles. The lowest BCUT2D eigenvalue weighted by Gasteiger charge is -2.23. The minimum atomic E-state index is 0.639. The van der Waals surface area contributed by atoms with E-state index in [1.165, 1.54) is 49.1 Å². The molecule has 0 unspecified atom stereocenters. The Morgan fingerprint density at radius 2 is 2.15 bits per heavy atom. The lowest BCUT2D eigenvalue weighted by Crippen LogP contribution is -2.10. The number of allylic oxidation sites excluding steroid dienone is 1. The van der Waals surface area contributed by atoms with E-state index in [9.17, 15) is 0 Å². The van der Waals surface area contributed by atoms with Gasteiger partial charge in [-0.1, -0.05) is 24.8 Å². The highest BCUT2D eigenvalue weighted by Gasteiger charge is 2.19. The van der Waals surface area contributed by atoms with Gasteiger partial charge in [-0.15, -0.1) is 22.9 Å². The van der Waals surface area contributed by atoms with Crippen molar-refractivity contribution in [1.29, 1.82) is 0 Å². The highest BCUT2D eigenvalue weighted by Crippen LogP contribution is 2.32. The Kier molecular flexibility index (Phi) is 4.18. The van der Waals surface area contributed by atoms with Crippen LogP contribution in [0.5, 0.6) is 0 Å². The van der Waals surface area contributed by atoms with Crippen molar-refractivity contribution in [3.63, 3.8) is 0 Å². The molecule has 1 aliphatic rings. The first kappa shape index (κ1) is 14.2. The fourth-order valence-corrected chi connectivity index (χ4v) is 4.42. The Morgan fingerprint density at radius 3 is 2.85 bits per heavy atom. The summed E-state index contributed by atoms with van der Waals surface area (Å²) < 4.78 is 2.26. The summed E-state index contributed by atoms with van der Waals surface area (Å²) in [7, 11) is 0. The monoisotopic (exact) mass is 308 g/mol. The number of fused-ring (bicyclic) bond motifs is 1. The maximum atomic E-state index is 6.24. The van der Waals surface area contributed by atoms with Crippen molar-refractivity contribution in [1.82, 2.24) is 9.38 Å². The van der Waals surface area contributed by atoms with Crippen molar-refractivity contribution in [2.24, 2.45) is 5.92 Å². The van der Waals surface area contributed by atoms with Gasteiger partial charge in [0.15, 0.2) is 4.96 Å². The molecule has 0 aromatic carbocycles. The van der Waals surface area contributed by atoms with Crippen molar-refractivity contribution in [3.05, 3.63) is 28.0 Å². The smallest absolute Gasteiger partial charge is 0.194 e. The summed E-state index contributed by atoms with van der Waals surface area (Å²) in [6, 6.07) is 0. The normalized spacial score (nSPS) is 18.1. The number of nitrogens with zero attached hydrogens (tertiary/aromatic N) is 2. The topological polar surface area (TPSA) is 17.3 Å². The van der Waals surface area contributed by atoms with Crippen LogP contribution in [-0.4, -0.2) is 15.3 Å². The summed E-state index contributed by atoms with van der Waals surface area (Å²) >= 11 is 7.95. The molecule has 0 atom stereocenters. The highest BCUT2D eigenvalue weighted by atomic mass is 35.5. The van der Waals surface area contributed by atoms with E-state index in [0.717, 1.165) is 10.7 Å². The molecule has 20 heavy (non-hydrogen) atoms. The van der Waals surface area contributed by atoms with Crippen molar-refractivity contribution in [3.8, 4) is 0 Å². The van der Waals surface area contributed by atoms with E-state index in [-0.39, 0.29) is 0 Å². The van der Waals surface area contributed by atoms with E-state index in [0.29, 0.717) is 11.8 Å². The summed E-state index contributed by atoms with van der Waals surface area (Å²) in [6.07, 6.45) is 8.96. The van der Waals surface area contributed by atoms with Crippen LogP contribution in [0.3, 0.4) is 0 Å². The Morgan fingerprint density at radius 1 is 1.40 bits per heavy atom. The first-order valence-corrected chi connectivity index (χ1v) is 8.81. The van der Waals surface area contributed by atoms with Gasteiger partial charge in [0, 0.05) is 17.0 Å². The van der Waals surface area contributed by atoms with Gasteiger partial charge in [-0.3, -0.25) is 4.40 Å². The third-order valence-electron chi connectivity index (χ3n) is 4.36. The van der Waals surface area contributed by atoms with E-state index in [4.69, 9.17) is 11.6 Å². The van der Waals surface area contributed by atoms with Gasteiger partial charge < -0.3 is 0 Å². The molecular weight excluding hydrogens is 288 g/mol. The van der Waals surface area contributed by atoms with Crippen LogP contribution in [0.25, 0.3) is 11.0 Å². The van der Waals surface area contributed by atoms with Gasteiger partial charge in [-0.2, -0.15) is 0 Å². The van der Waals surface area contributed by atoms with Crippen LogP contribution in [0.4, 0.5) is 0 Å². The lowest BCUT2D eigenvalue weighted by atomic mass is 9.84. The van der Waals surface area contributed by atoms with Gasteiger partial charge >= 0.3 is 0 Å². The standard InChI is InChI=1S/C16H21ClN2S/c1-11-10-20-16-18-12(2)15(19(11)16)8-14(9-17)13-6-4-3-5-7-13/h8,10,13H,3-7,9H2,1-2H3/b14-8-. The molecule has 0 radical (unpaired) electrons. The Labute approximate surface area is 129 Å². The Hall–Kier alpha value is -0.800. The molecule has 108 valence electrons. The van der Waals surface area contributed by atoms with Gasteiger partial charge in [0.25, 0.3) is 0 Å². The van der Waals surface area contributed by atoms with Crippen molar-refractivity contribution < 1.29 is 0 Å². The van der Waals surface area contributed by atoms with Gasteiger partial charge in [-0.05, 0) is 38.7 Å². The minimum Gasteiger partial charge on any atom is -0.288 e. The summed E-state index contributed by atoms with van der Waals surface area (Å²) in [5, 5.41) is 2.17. The molecule has 3 rings (SSSR count). The van der Waals surface area contributed by atoms with Gasteiger partial charge in [0.1, 0.15) is 0 Å². The third-order valence-corrected chi connectivity index (χ3v) is 5.61. The average Bonchev–Trinajstić information content (AvgIpc) is 2.97. The second-order valence-electron chi connectivity index (χ2n) is 5.77. The Balaban J connectivity index is 2.02. The Bertz CT molecular complexity index is 632. The van der Waals surface area contributed by atoms with E-state index < -0.39 is 0 Å². The SMILES string of the molecule is Cc1nc2scc(C)n2c1/C=C(/CCl)C1CCCCC1. The summed E-state index contributed by atoms with van der Waals surface area (Å²) in [4.78, 5) is 5.75. The molecule has 0 spiro atoms. The zero-order chi connectivity index (χ0) is 14.1. The molecule has 1 saturated carbocycles. The van der Waals surface area contributed by atoms with Crippen LogP contribution >= 0.6 is 22.9 Å². The first-order chi connectivity index (χ1) is 9.70. The average molecular weight is 309 g/mol. The number of hydrogen-bond donors (Lipinski definition) is 0. The van der Waals surface area contributed by atoms with Gasteiger partial charge in [0.05, 0.1) is 11.4 Å². The first-order valence-electron chi connectivity index (χ1n) is 7.40. The second kappa shape index (κ2) is 5.90. The minimum absolute atomic E-state index is 0.639. The molecule has 2 aromatic rings. The molecule has 0 amide bonds. The fraction of sp³-hybridized carbons (Fsp3) is 0.562. The predicted octanol–water partition coefficient (Wildman–Crippen LogP) is 5.22. The number of halogens is 1. The molecular formula is C16H21ClN2S. The second-order valence-corrected chi connectivity index (χ2v) is 6.87. The van der Waals surface area contributed by atoms with Crippen LogP contribution in [0.15, 0.2) is 11.0 Å². The number of alkyl halides is 1. The largest absolute Gasteiger partial charge is 0.288 e. The fourth-order valence-electron chi connectivity index (χ4n) is 3.21. The summed E-state index contributed by atoms with van der Waals surface area (Å²) in [6.45, 7) is 4.24. The van der Waals surface area contributed by atoms with E-state index in [1.807, 2.05) is 0 Å². The maximum absolute atomic E-state index is 6.24. The van der Waals surface area contributed by atoms with E-state index >= 15 is 0 Å². The van der Waals surface area contributed by atoms with Gasteiger partial charge in [0.2, 0.25) is 0 Å². The molecule has 2 heterocycles. The molecule has 0 saturated heterocycles. The van der Waals surface area contributed by atoms with Crippen molar-refractivity contribution >= 4 is 34.0 Å². The summed E-state index contributed by atoms with van der Waals surface area (Å²) in [5.41, 5.74) is 4.98. The molecule has 0 aliphatic heterocycles. The number of aromatic nitrogens is 2. The summed E-state index contributed by atoms with van der Waals surface area (Å²) in [5.74, 6) is 1.31. The third kappa shape index (κ3) is 2.53. The van der Waals surface area contributed by atoms with E-state index in [1.54, 1.807) is 11.3 Å². The van der Waals surface area contributed by atoms with Crippen LogP contribution in [-0.2, 0) is 0 Å². The van der Waals surface area contributed by atoms with Crippen LogP contribution in [0, 0.1) is 19.8 Å². The van der Waals surface area contributed by atoms with Crippen LogP contribution in [0.2, 0.25) is 0 Å². The molecule has 2 aromatic heterocycles. The molecule has 1 fully saturated rings. The number of rotatable bonds is 3. The van der Waals surface area contributed by atoms with E-state index in [2.05, 4.69) is 34.7 Å². The molecule has 0 N–H and O–H groups in total. The highest BCUT2D eigenvalue weighted by molar-refractivity contribution is 7.15. The van der Waals surface area contributed by atoms with Gasteiger partial charge in [-0.25, -0.2) is 4.98 Å². The zero-order valence-electron chi connectivity index (χ0n) is 12.2. The number of thiazole rings is 1. The number of aryl methyl sites for hydroxylation is 2. The van der Waals surface area contributed by atoms with Crippen molar-refractivity contribution in [2.45, 2.75) is 46.0 Å². The zero-order valence-corrected chi connectivity index (χ0v) is 13.7. The van der Waals surface area contributed by atoms with Crippen LogP contribution < -0.4 is 0 Å². The quantitative estimate of drug-likeness (QED) is 0.711. The molecule has 4 heteroatoms. The molecule has 0 bridgehead atoms. The number of hydrogen-bond acceptors (Lipinski definition) is 2. The maximum Gasteiger partial charge on any atom is 0.194 e. The lowest BCUT2D eigenvalue weighted by molar-refractivity contribution is 0.405.